The Kier molecular flexibility index (Phi) is 1.78. The van der Waals surface area contributed by atoms with Gasteiger partial charge in [0, 0.05) is 6.20 Å². The van der Waals surface area contributed by atoms with Crippen molar-refractivity contribution in [3.63, 3.8) is 0 Å². The van der Waals surface area contributed by atoms with E-state index in [1.54, 1.807) is 12.3 Å². The van der Waals surface area contributed by atoms with E-state index < -0.39 is 5.54 Å². The van der Waals surface area contributed by atoms with E-state index in [2.05, 4.69) is 5.10 Å². The first-order chi connectivity index (χ1) is 6.73. The zero-order valence-corrected chi connectivity index (χ0v) is 7.73. The lowest BCUT2D eigenvalue weighted by molar-refractivity contribution is -0.146. The van der Waals surface area contributed by atoms with Crippen molar-refractivity contribution in [1.82, 2.24) is 9.78 Å². The van der Waals surface area contributed by atoms with Crippen LogP contribution < -0.4 is 0 Å². The van der Waals surface area contributed by atoms with Gasteiger partial charge in [-0.15, -0.1) is 0 Å². The number of carbonyl (C=O) groups excluding carboxylic acids is 1. The summed E-state index contributed by atoms with van der Waals surface area (Å²) in [7, 11) is 1.36. The minimum absolute atomic E-state index is 0.287. The molecule has 1 saturated carbocycles. The van der Waals surface area contributed by atoms with Gasteiger partial charge in [-0.25, -0.2) is 4.79 Å². The Morgan fingerprint density at radius 3 is 2.93 bits per heavy atom. The van der Waals surface area contributed by atoms with E-state index in [1.165, 1.54) is 11.8 Å². The van der Waals surface area contributed by atoms with E-state index in [0.717, 1.165) is 12.8 Å². The topological polar surface area (TPSA) is 67.9 Å². The van der Waals surface area contributed by atoms with Crippen molar-refractivity contribution >= 4 is 5.97 Å². The Labute approximate surface area is 80.9 Å². The van der Waals surface area contributed by atoms with Gasteiger partial charge in [0.05, 0.1) is 7.11 Å². The van der Waals surface area contributed by atoms with Gasteiger partial charge in [-0.1, -0.05) is 0 Å². The number of esters is 1. The van der Waals surface area contributed by atoms with Crippen LogP contribution in [0.15, 0.2) is 12.3 Å². The molecule has 14 heavy (non-hydrogen) atoms. The van der Waals surface area contributed by atoms with Gasteiger partial charge in [-0.3, -0.25) is 4.68 Å². The van der Waals surface area contributed by atoms with Crippen LogP contribution in [0.2, 0.25) is 0 Å². The Morgan fingerprint density at radius 1 is 1.79 bits per heavy atom. The normalized spacial score (nSPS) is 17.1. The van der Waals surface area contributed by atoms with Crippen LogP contribution in [0.3, 0.4) is 0 Å². The molecule has 0 N–H and O–H groups in total. The zero-order valence-electron chi connectivity index (χ0n) is 7.73. The third-order valence-electron chi connectivity index (χ3n) is 2.43. The van der Waals surface area contributed by atoms with Gasteiger partial charge in [-0.05, 0) is 18.9 Å². The predicted octanol–water partition coefficient (Wildman–Crippen LogP) is 0.417. The summed E-state index contributed by atoms with van der Waals surface area (Å²) < 4.78 is 6.22. The second-order valence-corrected chi connectivity index (χ2v) is 3.28. The Balaban J connectivity index is 2.31. The van der Waals surface area contributed by atoms with Gasteiger partial charge in [0.25, 0.3) is 0 Å². The molecule has 0 aromatic carbocycles. The van der Waals surface area contributed by atoms with Gasteiger partial charge in [-0.2, -0.15) is 10.4 Å². The third-order valence-corrected chi connectivity index (χ3v) is 2.43. The maximum absolute atomic E-state index is 11.4. The minimum Gasteiger partial charge on any atom is -0.467 e. The average molecular weight is 191 g/mol. The van der Waals surface area contributed by atoms with Crippen molar-refractivity contribution in [3.8, 4) is 6.07 Å². The SMILES string of the molecule is COC(=O)C1(n2ccc(C#N)n2)CC1. The van der Waals surface area contributed by atoms with Gasteiger partial charge >= 0.3 is 5.97 Å². The highest BCUT2D eigenvalue weighted by Gasteiger charge is 2.54. The first kappa shape index (κ1) is 8.75. The molecule has 2 rings (SSSR count). The summed E-state index contributed by atoms with van der Waals surface area (Å²) in [6.07, 6.45) is 3.10. The number of hydrogen-bond donors (Lipinski definition) is 0. The van der Waals surface area contributed by atoms with Crippen molar-refractivity contribution in [2.75, 3.05) is 7.11 Å². The zero-order chi connectivity index (χ0) is 10.2. The molecule has 0 atom stereocenters. The molecule has 0 aliphatic heterocycles. The summed E-state index contributed by atoms with van der Waals surface area (Å²) in [5, 5.41) is 12.6. The molecule has 0 amide bonds. The van der Waals surface area contributed by atoms with E-state index in [1.807, 2.05) is 6.07 Å². The van der Waals surface area contributed by atoms with Crippen LogP contribution in [0.1, 0.15) is 18.5 Å². The summed E-state index contributed by atoms with van der Waals surface area (Å²) in [6.45, 7) is 0. The first-order valence-electron chi connectivity index (χ1n) is 4.27. The number of methoxy groups -OCH3 is 1. The number of aromatic nitrogens is 2. The average Bonchev–Trinajstić information content (AvgIpc) is 2.89. The van der Waals surface area contributed by atoms with Crippen molar-refractivity contribution < 1.29 is 9.53 Å². The van der Waals surface area contributed by atoms with Crippen molar-refractivity contribution in [2.24, 2.45) is 0 Å². The molecule has 0 bridgehead atoms. The number of nitriles is 1. The molecule has 1 aromatic rings. The molecule has 0 spiro atoms. The smallest absolute Gasteiger partial charge is 0.333 e. The number of ether oxygens (including phenoxy) is 1. The number of carbonyl (C=O) groups is 1. The van der Waals surface area contributed by atoms with Crippen LogP contribution in [-0.2, 0) is 15.1 Å². The van der Waals surface area contributed by atoms with Crippen molar-refractivity contribution in [2.45, 2.75) is 18.4 Å². The van der Waals surface area contributed by atoms with Crippen LogP contribution in [0.5, 0.6) is 0 Å². The highest BCUT2D eigenvalue weighted by molar-refractivity contribution is 5.81. The Hall–Kier alpha value is -1.83. The standard InChI is InChI=1S/C9H9N3O2/c1-14-8(13)9(3-4-9)12-5-2-7(6-10)11-12/h2,5H,3-4H2,1H3. The van der Waals surface area contributed by atoms with Crippen LogP contribution >= 0.6 is 0 Å². The van der Waals surface area contributed by atoms with Crippen molar-refractivity contribution in [1.29, 1.82) is 5.26 Å². The second kappa shape index (κ2) is 2.84. The van der Waals surface area contributed by atoms with Crippen LogP contribution in [0, 0.1) is 11.3 Å². The summed E-state index contributed by atoms with van der Waals surface area (Å²) in [4.78, 5) is 11.4. The van der Waals surface area contributed by atoms with Crippen molar-refractivity contribution in [3.05, 3.63) is 18.0 Å². The molecule has 0 saturated heterocycles. The van der Waals surface area contributed by atoms with Crippen LogP contribution in [0.4, 0.5) is 0 Å². The quantitative estimate of drug-likeness (QED) is 0.635. The molecule has 1 aliphatic rings. The second-order valence-electron chi connectivity index (χ2n) is 3.28. The highest BCUT2D eigenvalue weighted by atomic mass is 16.5. The van der Waals surface area contributed by atoms with E-state index in [-0.39, 0.29) is 5.97 Å². The molecule has 5 nitrogen and oxygen atoms in total. The summed E-state index contributed by atoms with van der Waals surface area (Å²) in [5.74, 6) is -0.287. The van der Waals surface area contributed by atoms with Gasteiger partial charge < -0.3 is 4.74 Å². The highest BCUT2D eigenvalue weighted by Crippen LogP contribution is 2.43. The van der Waals surface area contributed by atoms with Crippen LogP contribution in [-0.4, -0.2) is 22.9 Å². The first-order valence-corrected chi connectivity index (χ1v) is 4.27. The minimum atomic E-state index is -0.635. The van der Waals surface area contributed by atoms with Gasteiger partial charge in [0.2, 0.25) is 0 Å². The lowest BCUT2D eigenvalue weighted by Crippen LogP contribution is -2.29. The fraction of sp³-hybridized carbons (Fsp3) is 0.444. The molecular weight excluding hydrogens is 182 g/mol. The van der Waals surface area contributed by atoms with Gasteiger partial charge in [0.15, 0.2) is 11.2 Å². The maximum Gasteiger partial charge on any atom is 0.333 e. The number of rotatable bonds is 2. The van der Waals surface area contributed by atoms with Crippen LogP contribution in [0.25, 0.3) is 0 Å². The fourth-order valence-corrected chi connectivity index (χ4v) is 1.46. The monoisotopic (exact) mass is 191 g/mol. The van der Waals surface area contributed by atoms with E-state index in [0.29, 0.717) is 5.69 Å². The molecule has 1 aliphatic carbocycles. The third kappa shape index (κ3) is 1.08. The maximum atomic E-state index is 11.4. The van der Waals surface area contributed by atoms with E-state index in [9.17, 15) is 4.79 Å². The largest absolute Gasteiger partial charge is 0.467 e. The molecule has 1 aromatic heterocycles. The summed E-state index contributed by atoms with van der Waals surface area (Å²) in [6, 6.07) is 3.51. The Morgan fingerprint density at radius 2 is 2.50 bits per heavy atom. The Bertz CT molecular complexity index is 412. The van der Waals surface area contributed by atoms with Gasteiger partial charge in [0.1, 0.15) is 6.07 Å². The molecule has 0 radical (unpaired) electrons. The number of hydrogen-bond acceptors (Lipinski definition) is 4. The molecule has 1 fully saturated rings. The molecule has 0 unspecified atom stereocenters. The molecule has 72 valence electrons. The lowest BCUT2D eigenvalue weighted by atomic mass is 10.3. The molecule has 5 heteroatoms. The van der Waals surface area contributed by atoms with E-state index >= 15 is 0 Å². The molecule has 1 heterocycles. The van der Waals surface area contributed by atoms with E-state index in [4.69, 9.17) is 10.00 Å². The summed E-state index contributed by atoms with van der Waals surface area (Å²) in [5.41, 5.74) is -0.315. The number of nitrogens with zero attached hydrogens (tertiary/aromatic N) is 3. The predicted molar refractivity (Wildman–Crippen MR) is 46.2 cm³/mol. The lowest BCUT2D eigenvalue weighted by Gasteiger charge is -2.12. The summed E-state index contributed by atoms with van der Waals surface area (Å²) >= 11 is 0. The molecular formula is C9H9N3O2. The fourth-order valence-electron chi connectivity index (χ4n) is 1.46.